The number of fused-ring (bicyclic) bond motifs is 1. The van der Waals surface area contributed by atoms with E-state index < -0.39 is 23.5 Å². The molecule has 0 unspecified atom stereocenters. The van der Waals surface area contributed by atoms with E-state index in [1.165, 1.54) is 29.2 Å². The van der Waals surface area contributed by atoms with Crippen molar-refractivity contribution >= 4 is 17.3 Å². The molecule has 1 amide bonds. The maximum atomic E-state index is 13.7. The zero-order valence-corrected chi connectivity index (χ0v) is 16.8. The number of halogens is 4. The van der Waals surface area contributed by atoms with E-state index in [0.717, 1.165) is 17.7 Å². The molecule has 31 heavy (non-hydrogen) atoms. The van der Waals surface area contributed by atoms with E-state index in [2.05, 4.69) is 11.9 Å². The van der Waals surface area contributed by atoms with Crippen molar-refractivity contribution in [3.63, 3.8) is 0 Å². The van der Waals surface area contributed by atoms with Gasteiger partial charge in [0.1, 0.15) is 12.5 Å². The predicted octanol–water partition coefficient (Wildman–Crippen LogP) is 5.61. The summed E-state index contributed by atoms with van der Waals surface area (Å²) in [4.78, 5) is 16.3. The van der Waals surface area contributed by atoms with Gasteiger partial charge in [-0.05, 0) is 67.5 Å². The summed E-state index contributed by atoms with van der Waals surface area (Å²) in [7, 11) is 0. The van der Waals surface area contributed by atoms with E-state index in [4.69, 9.17) is 0 Å². The zero-order chi connectivity index (χ0) is 22.5. The SMILES string of the molecule is C=C1NC=C(N2CN(c3ccc(F)cc3C)c3cc(C(F)(F)F)ccc3C2=O)C=C1C. The highest BCUT2D eigenvalue weighted by Gasteiger charge is 2.37. The summed E-state index contributed by atoms with van der Waals surface area (Å²) < 4.78 is 53.8. The summed E-state index contributed by atoms with van der Waals surface area (Å²) >= 11 is 0. The number of allylic oxidation sites excluding steroid dienone is 2. The summed E-state index contributed by atoms with van der Waals surface area (Å²) in [5.74, 6) is -0.879. The highest BCUT2D eigenvalue weighted by atomic mass is 19.4. The lowest BCUT2D eigenvalue weighted by atomic mass is 10.0. The number of dihydropyridines is 1. The van der Waals surface area contributed by atoms with Crippen LogP contribution in [-0.2, 0) is 6.18 Å². The third kappa shape index (κ3) is 3.69. The lowest BCUT2D eigenvalue weighted by Gasteiger charge is -2.40. The number of rotatable bonds is 2. The molecule has 0 saturated carbocycles. The third-order valence-electron chi connectivity index (χ3n) is 5.37. The standard InChI is InChI=1S/C23H19F4N3O/c1-13-9-18(11-28-15(13)3)29-12-30(20-7-5-17(24)8-14(20)2)21-10-16(23(25,26)27)4-6-19(21)22(29)31/h4-11,28H,3,12H2,1-2H3. The van der Waals surface area contributed by atoms with Crippen LogP contribution in [0.4, 0.5) is 28.9 Å². The van der Waals surface area contributed by atoms with Crippen LogP contribution >= 0.6 is 0 Å². The van der Waals surface area contributed by atoms with Crippen LogP contribution in [0.25, 0.3) is 0 Å². The molecular weight excluding hydrogens is 410 g/mol. The Labute approximate surface area is 176 Å². The molecule has 2 aromatic rings. The number of carbonyl (C=O) groups excluding carboxylic acids is 1. The van der Waals surface area contributed by atoms with Gasteiger partial charge in [-0.25, -0.2) is 4.39 Å². The lowest BCUT2D eigenvalue weighted by molar-refractivity contribution is -0.137. The fraction of sp³-hybridized carbons (Fsp3) is 0.174. The molecule has 0 atom stereocenters. The first-order valence-electron chi connectivity index (χ1n) is 9.47. The van der Waals surface area contributed by atoms with Gasteiger partial charge in [0.25, 0.3) is 5.91 Å². The number of aryl methyl sites for hydroxylation is 1. The second-order valence-corrected chi connectivity index (χ2v) is 7.48. The molecule has 4 nitrogen and oxygen atoms in total. The number of anilines is 2. The molecule has 0 aromatic heterocycles. The van der Waals surface area contributed by atoms with Crippen molar-refractivity contribution in [2.24, 2.45) is 0 Å². The maximum absolute atomic E-state index is 13.7. The van der Waals surface area contributed by atoms with Gasteiger partial charge >= 0.3 is 6.18 Å². The van der Waals surface area contributed by atoms with E-state index in [0.29, 0.717) is 22.6 Å². The molecule has 4 rings (SSSR count). The van der Waals surface area contributed by atoms with Gasteiger partial charge in [-0.2, -0.15) is 13.2 Å². The fourth-order valence-corrected chi connectivity index (χ4v) is 3.65. The van der Waals surface area contributed by atoms with Crippen LogP contribution in [0.1, 0.15) is 28.4 Å². The van der Waals surface area contributed by atoms with Crippen LogP contribution in [0, 0.1) is 12.7 Å². The molecule has 0 fully saturated rings. The van der Waals surface area contributed by atoms with Crippen molar-refractivity contribution < 1.29 is 22.4 Å². The van der Waals surface area contributed by atoms with Crippen molar-refractivity contribution in [3.05, 3.63) is 94.7 Å². The molecule has 0 saturated heterocycles. The monoisotopic (exact) mass is 429 g/mol. The molecule has 0 radical (unpaired) electrons. The van der Waals surface area contributed by atoms with Crippen LogP contribution in [0.15, 0.2) is 72.2 Å². The van der Waals surface area contributed by atoms with Gasteiger partial charge in [-0.1, -0.05) is 6.58 Å². The minimum absolute atomic E-state index is 0.0383. The molecule has 160 valence electrons. The van der Waals surface area contributed by atoms with Crippen molar-refractivity contribution in [1.82, 2.24) is 10.2 Å². The van der Waals surface area contributed by atoms with E-state index >= 15 is 0 Å². The normalized spacial score (nSPS) is 16.6. The number of hydrogen-bond donors (Lipinski definition) is 1. The lowest BCUT2D eigenvalue weighted by Crippen LogP contribution is -2.45. The van der Waals surface area contributed by atoms with Gasteiger partial charge in [0.15, 0.2) is 0 Å². The van der Waals surface area contributed by atoms with Crippen molar-refractivity contribution in [3.8, 4) is 0 Å². The Balaban J connectivity index is 1.87. The smallest absolute Gasteiger partial charge is 0.360 e. The molecule has 0 aliphatic carbocycles. The van der Waals surface area contributed by atoms with E-state index in [1.54, 1.807) is 24.1 Å². The average Bonchev–Trinajstić information content (AvgIpc) is 2.70. The van der Waals surface area contributed by atoms with Crippen LogP contribution in [0.3, 0.4) is 0 Å². The Bertz CT molecular complexity index is 1160. The Kier molecular flexibility index (Phi) is 4.88. The number of amides is 1. The first kappa shape index (κ1) is 20.7. The summed E-state index contributed by atoms with van der Waals surface area (Å²) in [6.07, 6.45) is -1.16. The van der Waals surface area contributed by atoms with Gasteiger partial charge in [-0.3, -0.25) is 9.69 Å². The fourth-order valence-electron chi connectivity index (χ4n) is 3.65. The minimum Gasteiger partial charge on any atom is -0.360 e. The highest BCUT2D eigenvalue weighted by molar-refractivity contribution is 6.04. The maximum Gasteiger partial charge on any atom is 0.416 e. The first-order valence-corrected chi connectivity index (χ1v) is 9.47. The van der Waals surface area contributed by atoms with Crippen molar-refractivity contribution in [2.45, 2.75) is 20.0 Å². The Hall–Kier alpha value is -3.55. The van der Waals surface area contributed by atoms with E-state index in [1.807, 2.05) is 6.92 Å². The topological polar surface area (TPSA) is 35.6 Å². The number of carbonyl (C=O) groups is 1. The molecular formula is C23H19F4N3O. The van der Waals surface area contributed by atoms with Gasteiger partial charge in [-0.15, -0.1) is 0 Å². The highest BCUT2D eigenvalue weighted by Crippen LogP contribution is 2.40. The number of alkyl halides is 3. The van der Waals surface area contributed by atoms with Crippen molar-refractivity contribution in [1.29, 1.82) is 0 Å². The van der Waals surface area contributed by atoms with Crippen molar-refractivity contribution in [2.75, 3.05) is 11.6 Å². The Morgan fingerprint density at radius 2 is 1.77 bits per heavy atom. The Morgan fingerprint density at radius 3 is 2.42 bits per heavy atom. The van der Waals surface area contributed by atoms with E-state index in [9.17, 15) is 22.4 Å². The molecule has 0 spiro atoms. The average molecular weight is 429 g/mol. The van der Waals surface area contributed by atoms with Gasteiger partial charge < -0.3 is 10.2 Å². The van der Waals surface area contributed by atoms with Gasteiger partial charge in [0.05, 0.1) is 22.5 Å². The molecule has 2 aliphatic rings. The first-order chi connectivity index (χ1) is 14.6. The van der Waals surface area contributed by atoms with E-state index in [-0.39, 0.29) is 17.9 Å². The number of hydrogen-bond acceptors (Lipinski definition) is 3. The summed E-state index contributed by atoms with van der Waals surface area (Å²) in [6, 6.07) is 7.09. The quantitative estimate of drug-likeness (QED) is 0.631. The van der Waals surface area contributed by atoms with Gasteiger partial charge in [0, 0.05) is 17.6 Å². The summed E-state index contributed by atoms with van der Waals surface area (Å²) in [6.45, 7) is 7.33. The molecule has 2 aliphatic heterocycles. The molecule has 2 heterocycles. The second kappa shape index (κ2) is 7.30. The van der Waals surface area contributed by atoms with Crippen LogP contribution in [0.5, 0.6) is 0 Å². The van der Waals surface area contributed by atoms with Crippen LogP contribution < -0.4 is 10.2 Å². The third-order valence-corrected chi connectivity index (χ3v) is 5.37. The van der Waals surface area contributed by atoms with Crippen LogP contribution in [0.2, 0.25) is 0 Å². The largest absolute Gasteiger partial charge is 0.416 e. The number of nitrogens with zero attached hydrogens (tertiary/aromatic N) is 2. The number of nitrogens with one attached hydrogen (secondary N) is 1. The zero-order valence-electron chi connectivity index (χ0n) is 16.8. The van der Waals surface area contributed by atoms with Crippen LogP contribution in [-0.4, -0.2) is 17.5 Å². The summed E-state index contributed by atoms with van der Waals surface area (Å²) in [5.41, 5.74) is 2.50. The minimum atomic E-state index is -4.56. The predicted molar refractivity (Wildman–Crippen MR) is 110 cm³/mol. The molecule has 2 aromatic carbocycles. The number of benzene rings is 2. The molecule has 0 bridgehead atoms. The van der Waals surface area contributed by atoms with Gasteiger partial charge in [0.2, 0.25) is 0 Å². The Morgan fingerprint density at radius 1 is 1.03 bits per heavy atom. The summed E-state index contributed by atoms with van der Waals surface area (Å²) in [5, 5.41) is 2.99. The second-order valence-electron chi connectivity index (χ2n) is 7.48. The molecule has 8 heteroatoms. The molecule has 1 N–H and O–H groups in total.